The van der Waals surface area contributed by atoms with Crippen LogP contribution in [0.1, 0.15) is 5.69 Å². The molecule has 0 amide bonds. The third-order valence-corrected chi connectivity index (χ3v) is 3.66. The summed E-state index contributed by atoms with van der Waals surface area (Å²) in [6, 6.07) is 1.86. The topological polar surface area (TPSA) is 48.8 Å². The van der Waals surface area contributed by atoms with Crippen molar-refractivity contribution in [2.24, 2.45) is 0 Å². The number of aliphatic hydroxyl groups is 1. The van der Waals surface area contributed by atoms with Gasteiger partial charge in [0.2, 0.25) is 0 Å². The molecule has 0 aliphatic carbocycles. The molecule has 6 heteroatoms. The summed E-state index contributed by atoms with van der Waals surface area (Å²) in [6.45, 7) is 5.76. The van der Waals surface area contributed by atoms with E-state index in [2.05, 4.69) is 14.8 Å². The molecule has 1 N–H and O–H groups in total. The van der Waals surface area contributed by atoms with Gasteiger partial charge >= 0.3 is 0 Å². The minimum atomic E-state index is 0.232. The molecular weight excluding hydrogens is 266 g/mol. The predicted octanol–water partition coefficient (Wildman–Crippen LogP) is 0.853. The molecule has 0 spiro atoms. The Morgan fingerprint density at radius 1 is 1.32 bits per heavy atom. The number of rotatable bonds is 5. The first-order chi connectivity index (χ1) is 9.22. The standard InChI is InChI=1S/C13H20ClN3O2/c1-19-13-9-15-11(8-12(13)14)10-17-4-2-16(3-5-17)6-7-18/h8-9,18H,2-7,10H2,1H3. The average Bonchev–Trinajstić information content (AvgIpc) is 2.42. The summed E-state index contributed by atoms with van der Waals surface area (Å²) >= 11 is 6.09. The van der Waals surface area contributed by atoms with Crippen LogP contribution in [0.4, 0.5) is 0 Å². The fourth-order valence-electron chi connectivity index (χ4n) is 2.24. The average molecular weight is 286 g/mol. The highest BCUT2D eigenvalue weighted by atomic mass is 35.5. The van der Waals surface area contributed by atoms with E-state index >= 15 is 0 Å². The molecule has 5 nitrogen and oxygen atoms in total. The van der Waals surface area contributed by atoms with Crippen LogP contribution in [0.25, 0.3) is 0 Å². The number of hydrogen-bond donors (Lipinski definition) is 1. The molecule has 19 heavy (non-hydrogen) atoms. The van der Waals surface area contributed by atoms with Gasteiger partial charge < -0.3 is 9.84 Å². The van der Waals surface area contributed by atoms with Crippen molar-refractivity contribution in [3.8, 4) is 5.75 Å². The molecule has 2 heterocycles. The van der Waals surface area contributed by atoms with Gasteiger partial charge in [-0.15, -0.1) is 0 Å². The molecule has 2 rings (SSSR count). The van der Waals surface area contributed by atoms with Crippen molar-refractivity contribution in [2.75, 3.05) is 46.4 Å². The quantitative estimate of drug-likeness (QED) is 0.869. The smallest absolute Gasteiger partial charge is 0.155 e. The van der Waals surface area contributed by atoms with E-state index in [-0.39, 0.29) is 6.61 Å². The SMILES string of the molecule is COc1cnc(CN2CCN(CCO)CC2)cc1Cl. The van der Waals surface area contributed by atoms with Crippen LogP contribution in [0, 0.1) is 0 Å². The van der Waals surface area contributed by atoms with Crippen molar-refractivity contribution in [1.82, 2.24) is 14.8 Å². The van der Waals surface area contributed by atoms with E-state index < -0.39 is 0 Å². The Morgan fingerprint density at radius 3 is 2.58 bits per heavy atom. The van der Waals surface area contributed by atoms with Crippen molar-refractivity contribution in [2.45, 2.75) is 6.54 Å². The van der Waals surface area contributed by atoms with Crippen molar-refractivity contribution >= 4 is 11.6 Å². The highest BCUT2D eigenvalue weighted by Gasteiger charge is 2.17. The molecule has 0 bridgehead atoms. The first-order valence-electron chi connectivity index (χ1n) is 6.47. The molecule has 0 aromatic carbocycles. The highest BCUT2D eigenvalue weighted by molar-refractivity contribution is 6.32. The van der Waals surface area contributed by atoms with Crippen LogP contribution in [0.3, 0.4) is 0 Å². The molecule has 1 aliphatic heterocycles. The van der Waals surface area contributed by atoms with Crippen LogP contribution in [0.5, 0.6) is 5.75 Å². The zero-order chi connectivity index (χ0) is 13.7. The van der Waals surface area contributed by atoms with Gasteiger partial charge in [0, 0.05) is 39.3 Å². The molecule has 0 atom stereocenters. The largest absolute Gasteiger partial charge is 0.494 e. The van der Waals surface area contributed by atoms with Gasteiger partial charge in [0.1, 0.15) is 0 Å². The maximum atomic E-state index is 8.91. The van der Waals surface area contributed by atoms with E-state index in [1.54, 1.807) is 13.3 Å². The number of aliphatic hydroxyl groups excluding tert-OH is 1. The molecule has 0 unspecified atom stereocenters. The predicted molar refractivity (Wildman–Crippen MR) is 74.6 cm³/mol. The van der Waals surface area contributed by atoms with Gasteiger partial charge in [0.05, 0.1) is 30.6 Å². The number of piperazine rings is 1. The van der Waals surface area contributed by atoms with Crippen LogP contribution in [0.15, 0.2) is 12.3 Å². The van der Waals surface area contributed by atoms with E-state index in [9.17, 15) is 0 Å². The molecular formula is C13H20ClN3O2. The third kappa shape index (κ3) is 4.04. The molecule has 1 aromatic rings. The number of β-amino-alcohol motifs (C(OH)–C–C–N with tert-alkyl or cyclic N) is 1. The number of ether oxygens (including phenoxy) is 1. The molecule has 106 valence electrons. The minimum Gasteiger partial charge on any atom is -0.494 e. The fourth-order valence-corrected chi connectivity index (χ4v) is 2.49. The van der Waals surface area contributed by atoms with Crippen molar-refractivity contribution in [1.29, 1.82) is 0 Å². The van der Waals surface area contributed by atoms with Crippen LogP contribution in [-0.2, 0) is 6.54 Å². The zero-order valence-corrected chi connectivity index (χ0v) is 11.9. The van der Waals surface area contributed by atoms with E-state index in [0.717, 1.165) is 45.0 Å². The lowest BCUT2D eigenvalue weighted by molar-refractivity contribution is 0.107. The van der Waals surface area contributed by atoms with Gasteiger partial charge in [0.15, 0.2) is 5.75 Å². The van der Waals surface area contributed by atoms with Gasteiger partial charge in [-0.25, -0.2) is 0 Å². The summed E-state index contributed by atoms with van der Waals surface area (Å²) in [5, 5.41) is 9.51. The summed E-state index contributed by atoms with van der Waals surface area (Å²) in [5.41, 5.74) is 0.960. The Morgan fingerprint density at radius 2 is 2.00 bits per heavy atom. The van der Waals surface area contributed by atoms with Gasteiger partial charge in [-0.05, 0) is 6.07 Å². The maximum Gasteiger partial charge on any atom is 0.155 e. The van der Waals surface area contributed by atoms with Crippen molar-refractivity contribution < 1.29 is 9.84 Å². The summed E-state index contributed by atoms with van der Waals surface area (Å²) < 4.78 is 5.09. The Kier molecular flexibility index (Phi) is 5.39. The number of hydrogen-bond acceptors (Lipinski definition) is 5. The van der Waals surface area contributed by atoms with Crippen LogP contribution in [0.2, 0.25) is 5.02 Å². The normalized spacial score (nSPS) is 17.6. The fraction of sp³-hybridized carbons (Fsp3) is 0.615. The lowest BCUT2D eigenvalue weighted by Gasteiger charge is -2.34. The summed E-state index contributed by atoms with van der Waals surface area (Å²) in [7, 11) is 1.59. The van der Waals surface area contributed by atoms with Crippen LogP contribution < -0.4 is 4.74 Å². The minimum absolute atomic E-state index is 0.232. The van der Waals surface area contributed by atoms with E-state index in [1.807, 2.05) is 6.07 Å². The van der Waals surface area contributed by atoms with Crippen molar-refractivity contribution in [3.63, 3.8) is 0 Å². The molecule has 0 saturated carbocycles. The zero-order valence-electron chi connectivity index (χ0n) is 11.2. The Balaban J connectivity index is 1.87. The molecule has 0 radical (unpaired) electrons. The van der Waals surface area contributed by atoms with Crippen LogP contribution >= 0.6 is 11.6 Å². The first-order valence-corrected chi connectivity index (χ1v) is 6.84. The molecule has 1 aliphatic rings. The first kappa shape index (κ1) is 14.5. The number of pyridine rings is 1. The van der Waals surface area contributed by atoms with Crippen LogP contribution in [-0.4, -0.2) is 66.3 Å². The van der Waals surface area contributed by atoms with Gasteiger partial charge in [-0.3, -0.25) is 14.8 Å². The number of halogens is 1. The Labute approximate surface area is 118 Å². The molecule has 1 saturated heterocycles. The van der Waals surface area contributed by atoms with E-state index in [0.29, 0.717) is 10.8 Å². The Bertz CT molecular complexity index is 409. The van der Waals surface area contributed by atoms with Gasteiger partial charge in [0.25, 0.3) is 0 Å². The van der Waals surface area contributed by atoms with E-state index in [4.69, 9.17) is 21.4 Å². The number of aromatic nitrogens is 1. The monoisotopic (exact) mass is 285 g/mol. The van der Waals surface area contributed by atoms with E-state index in [1.165, 1.54) is 0 Å². The highest BCUT2D eigenvalue weighted by Crippen LogP contribution is 2.23. The summed E-state index contributed by atoms with van der Waals surface area (Å²) in [4.78, 5) is 8.97. The van der Waals surface area contributed by atoms with Gasteiger partial charge in [-0.1, -0.05) is 11.6 Å². The maximum absolute atomic E-state index is 8.91. The third-order valence-electron chi connectivity index (χ3n) is 3.36. The second-order valence-corrected chi connectivity index (χ2v) is 5.06. The van der Waals surface area contributed by atoms with Gasteiger partial charge in [-0.2, -0.15) is 0 Å². The summed E-state index contributed by atoms with van der Waals surface area (Å²) in [6.07, 6.45) is 1.67. The summed E-state index contributed by atoms with van der Waals surface area (Å²) in [5.74, 6) is 0.609. The second-order valence-electron chi connectivity index (χ2n) is 4.65. The van der Waals surface area contributed by atoms with Crippen molar-refractivity contribution in [3.05, 3.63) is 23.0 Å². The molecule has 1 aromatic heterocycles. The number of methoxy groups -OCH3 is 1. The Hall–Kier alpha value is -0.880. The lowest BCUT2D eigenvalue weighted by atomic mass is 10.2. The second kappa shape index (κ2) is 7.05. The number of nitrogens with zero attached hydrogens (tertiary/aromatic N) is 3. The lowest BCUT2D eigenvalue weighted by Crippen LogP contribution is -2.46. The molecule has 1 fully saturated rings.